The molecule has 0 amide bonds. The van der Waals surface area contributed by atoms with E-state index >= 15 is 0 Å². The third-order valence-corrected chi connectivity index (χ3v) is 9.75. The summed E-state index contributed by atoms with van der Waals surface area (Å²) in [4.78, 5) is 0. The van der Waals surface area contributed by atoms with Gasteiger partial charge in [-0.25, -0.2) is 0 Å². The number of hydrogen-bond acceptors (Lipinski definition) is 10. The van der Waals surface area contributed by atoms with Crippen molar-refractivity contribution in [3.63, 3.8) is 0 Å². The zero-order valence-corrected chi connectivity index (χ0v) is 26.7. The van der Waals surface area contributed by atoms with Gasteiger partial charge in [-0.05, 0) is 63.3 Å². The second kappa shape index (κ2) is 12.6. The molecule has 2 heterocycles. The Hall–Kier alpha value is -5.16. The van der Waals surface area contributed by atoms with Gasteiger partial charge >= 0.3 is 30.1 Å². The Bertz CT molecular complexity index is 2150. The van der Waals surface area contributed by atoms with Gasteiger partial charge in [0, 0.05) is 34.3 Å². The van der Waals surface area contributed by atoms with Gasteiger partial charge in [-0.1, -0.05) is 59.6 Å². The molecule has 0 aliphatic carbocycles. The Morgan fingerprint density at radius 2 is 1.00 bits per heavy atom. The number of nitrogens with zero attached hydrogens (tertiary/aromatic N) is 4. The van der Waals surface area contributed by atoms with Crippen molar-refractivity contribution in [3.05, 3.63) is 118 Å². The number of sulfonamides is 2. The fourth-order valence-electron chi connectivity index (χ4n) is 4.51. The quantitative estimate of drug-likeness (QED) is 0.199. The lowest BCUT2D eigenvalue weighted by Gasteiger charge is -2.06. The van der Waals surface area contributed by atoms with E-state index in [0.29, 0.717) is 16.5 Å². The van der Waals surface area contributed by atoms with E-state index in [1.54, 1.807) is 72.8 Å². The van der Waals surface area contributed by atoms with Gasteiger partial charge in [-0.3, -0.25) is 9.44 Å². The van der Waals surface area contributed by atoms with Crippen molar-refractivity contribution in [1.82, 2.24) is 10.5 Å². The van der Waals surface area contributed by atoms with Crippen molar-refractivity contribution in [2.75, 3.05) is 9.44 Å². The lowest BCUT2D eigenvalue weighted by molar-refractivity contribution is -0.706. The fourth-order valence-corrected chi connectivity index (χ4v) is 7.21. The first-order valence-corrected chi connectivity index (χ1v) is 17.1. The molecular weight excluding hydrogens is 695 g/mol. The van der Waals surface area contributed by atoms with Crippen LogP contribution in [0.2, 0.25) is 10.0 Å². The third kappa shape index (κ3) is 6.85. The molecule has 4 aromatic carbocycles. The molecule has 0 fully saturated rings. The second-order valence-corrected chi connectivity index (χ2v) is 14.0. The number of rotatable bonds is 10. The number of nitrogens with one attached hydrogen (secondary N) is 2. The van der Waals surface area contributed by atoms with Crippen molar-refractivity contribution >= 4 is 54.6 Å². The topological polar surface area (TPSA) is 198 Å². The van der Waals surface area contributed by atoms with E-state index < -0.39 is 42.0 Å². The number of halogens is 2. The predicted molar refractivity (Wildman–Crippen MR) is 162 cm³/mol. The van der Waals surface area contributed by atoms with E-state index in [0.717, 1.165) is 20.5 Å². The van der Waals surface area contributed by atoms with Gasteiger partial charge < -0.3 is 19.3 Å². The standard InChI is InChI=1S/C29H20Cl2N6O8S2/c30-20-3-1-5-22(16-20)32-46(40,41)26-28(38)44-34-36(26)24-11-7-18(8-12-24)15-19-9-13-25(14-10-19)37-27(29(39)45-35-37)47(42,43)33-23-6-2-4-21(31)17-23/h1-14,16-17,32-33H,15H2. The minimum Gasteiger partial charge on any atom is -0.538 e. The SMILES string of the molecule is O=S(=O)(Nc1cccc(Cl)c1)c1c([O-])on[n+]1-c1ccc(Cc2ccc(-[n+]3noc([O-])c3S(=O)(=O)Nc3cccc(Cl)c3)cc2)cc1. The van der Waals surface area contributed by atoms with Gasteiger partial charge in [0.2, 0.25) is 11.4 Å². The van der Waals surface area contributed by atoms with Crippen LogP contribution in [0.25, 0.3) is 11.4 Å². The predicted octanol–water partition coefficient (Wildman–Crippen LogP) is 2.86. The van der Waals surface area contributed by atoms with E-state index in [1.807, 2.05) is 0 Å². The Labute approximate surface area is 277 Å². The lowest BCUT2D eigenvalue weighted by atomic mass is 10.0. The van der Waals surface area contributed by atoms with Crippen LogP contribution in [0, 0.1) is 0 Å². The van der Waals surface area contributed by atoms with Crippen LogP contribution in [0.15, 0.2) is 116 Å². The maximum Gasteiger partial charge on any atom is 0.373 e. The summed E-state index contributed by atoms with van der Waals surface area (Å²) in [7, 11) is -8.81. The summed E-state index contributed by atoms with van der Waals surface area (Å²) in [6.45, 7) is 0. The van der Waals surface area contributed by atoms with Crippen molar-refractivity contribution in [2.45, 2.75) is 16.5 Å². The second-order valence-electron chi connectivity index (χ2n) is 9.90. The van der Waals surface area contributed by atoms with E-state index in [-0.39, 0.29) is 22.7 Å². The summed E-state index contributed by atoms with van der Waals surface area (Å²) in [6, 6.07) is 25.0. The van der Waals surface area contributed by atoms with Crippen LogP contribution in [-0.2, 0) is 26.5 Å². The van der Waals surface area contributed by atoms with E-state index in [1.165, 1.54) is 24.3 Å². The summed E-state index contributed by atoms with van der Waals surface area (Å²) in [6.07, 6.45) is 0.413. The van der Waals surface area contributed by atoms with Gasteiger partial charge in [0.25, 0.3) is 0 Å². The normalized spacial score (nSPS) is 11.8. The summed E-state index contributed by atoms with van der Waals surface area (Å²) >= 11 is 11.9. The molecule has 0 bridgehead atoms. The molecule has 14 nitrogen and oxygen atoms in total. The summed E-state index contributed by atoms with van der Waals surface area (Å²) < 4.78 is 67.9. The third-order valence-electron chi connectivity index (χ3n) is 6.58. The first-order valence-electron chi connectivity index (χ1n) is 13.3. The van der Waals surface area contributed by atoms with Crippen LogP contribution < -0.4 is 29.0 Å². The van der Waals surface area contributed by atoms with Crippen molar-refractivity contribution in [1.29, 1.82) is 0 Å². The van der Waals surface area contributed by atoms with Crippen LogP contribution in [0.4, 0.5) is 11.4 Å². The summed E-state index contributed by atoms with van der Waals surface area (Å²) in [5.41, 5.74) is 2.40. The largest absolute Gasteiger partial charge is 0.538 e. The monoisotopic (exact) mass is 714 g/mol. The van der Waals surface area contributed by atoms with Gasteiger partial charge in [-0.2, -0.15) is 16.8 Å². The average Bonchev–Trinajstić information content (AvgIpc) is 3.61. The molecular formula is C29H20Cl2N6O8S2. The highest BCUT2D eigenvalue weighted by Crippen LogP contribution is 2.24. The first kappa shape index (κ1) is 31.8. The number of benzene rings is 4. The van der Waals surface area contributed by atoms with Crippen molar-refractivity contribution < 1.29 is 45.5 Å². The maximum atomic E-state index is 13.1. The minimum absolute atomic E-state index is 0.147. The number of anilines is 2. The molecule has 0 radical (unpaired) electrons. The molecule has 0 saturated carbocycles. The molecule has 6 aromatic rings. The van der Waals surface area contributed by atoms with Gasteiger partial charge in [0.15, 0.2) is 11.9 Å². The Kier molecular flexibility index (Phi) is 8.50. The Morgan fingerprint density at radius 1 is 0.617 bits per heavy atom. The number of hydrogen-bond donors (Lipinski definition) is 2. The molecule has 0 aliphatic heterocycles. The van der Waals surface area contributed by atoms with Crippen LogP contribution in [0.5, 0.6) is 11.9 Å². The highest BCUT2D eigenvalue weighted by Gasteiger charge is 2.35. The van der Waals surface area contributed by atoms with Gasteiger partial charge in [0.1, 0.15) is 0 Å². The van der Waals surface area contributed by atoms with Crippen LogP contribution in [0.3, 0.4) is 0 Å². The van der Waals surface area contributed by atoms with Crippen LogP contribution in [-0.4, -0.2) is 27.4 Å². The van der Waals surface area contributed by atoms with E-state index in [4.69, 9.17) is 23.2 Å². The van der Waals surface area contributed by atoms with E-state index in [2.05, 4.69) is 29.0 Å². The molecule has 240 valence electrons. The summed E-state index contributed by atoms with van der Waals surface area (Å²) in [5, 5.41) is 31.1. The highest BCUT2D eigenvalue weighted by atomic mass is 35.5. The molecule has 0 spiro atoms. The summed E-state index contributed by atoms with van der Waals surface area (Å²) in [5.74, 6) is -2.32. The molecule has 2 N–H and O–H groups in total. The van der Waals surface area contributed by atoms with Crippen LogP contribution in [0.1, 0.15) is 11.1 Å². The molecule has 6 rings (SSSR count). The molecule has 2 aromatic heterocycles. The molecule has 0 aliphatic rings. The first-order chi connectivity index (χ1) is 22.4. The molecule has 0 saturated heterocycles. The fraction of sp³-hybridized carbons (Fsp3) is 0.0345. The number of aromatic nitrogens is 4. The van der Waals surface area contributed by atoms with Gasteiger partial charge in [0.05, 0.1) is 21.9 Å². The zero-order chi connectivity index (χ0) is 33.3. The Balaban J connectivity index is 1.19. The maximum absolute atomic E-state index is 13.1. The van der Waals surface area contributed by atoms with Crippen molar-refractivity contribution in [3.8, 4) is 23.3 Å². The van der Waals surface area contributed by atoms with Crippen molar-refractivity contribution in [2.24, 2.45) is 0 Å². The van der Waals surface area contributed by atoms with Crippen LogP contribution >= 0.6 is 23.2 Å². The smallest absolute Gasteiger partial charge is 0.373 e. The lowest BCUT2D eigenvalue weighted by Crippen LogP contribution is -2.40. The molecule has 18 heteroatoms. The molecule has 47 heavy (non-hydrogen) atoms. The molecule has 0 atom stereocenters. The van der Waals surface area contributed by atoms with E-state index in [9.17, 15) is 27.0 Å². The zero-order valence-electron chi connectivity index (χ0n) is 23.6. The highest BCUT2D eigenvalue weighted by molar-refractivity contribution is 7.92. The average molecular weight is 716 g/mol. The minimum atomic E-state index is -4.41. The Morgan fingerprint density at radius 3 is 1.36 bits per heavy atom. The van der Waals surface area contributed by atoms with Gasteiger partial charge in [-0.15, -0.1) is 0 Å². The molecule has 0 unspecified atom stereocenters.